The van der Waals surface area contributed by atoms with Gasteiger partial charge in [-0.15, -0.1) is 0 Å². The standard InChI is InChI=1S/C29H32ClNO5/c1-17-18(2)27(34)25(19(3)26(17)33)21(12-9-20-10-13-22(30)14-11-20)15-29(4,36)16-31-28(35)23-7-5-6-8-24(23)32/h5-8,10-11,13-14,21,32,36H,9,12,15-16H2,1-4H3,(H,31,35). The van der Waals surface area contributed by atoms with Gasteiger partial charge in [-0.25, -0.2) is 0 Å². The third-order valence-electron chi connectivity index (χ3n) is 6.80. The minimum atomic E-state index is -1.38. The Hall–Kier alpha value is -3.22. The van der Waals surface area contributed by atoms with Gasteiger partial charge in [-0.05, 0) is 82.7 Å². The molecular weight excluding hydrogens is 478 g/mol. The number of Topliss-reactive ketones (excluding diaryl/α,β-unsaturated/α-hetero) is 2. The number of allylic oxidation sites excluding steroid dienone is 4. The lowest BCUT2D eigenvalue weighted by Crippen LogP contribution is -2.43. The highest BCUT2D eigenvalue weighted by Crippen LogP contribution is 2.35. The summed E-state index contributed by atoms with van der Waals surface area (Å²) in [5.74, 6) is -1.43. The van der Waals surface area contributed by atoms with Crippen molar-refractivity contribution in [3.8, 4) is 5.75 Å². The van der Waals surface area contributed by atoms with Crippen LogP contribution in [0.15, 0.2) is 70.8 Å². The number of halogens is 1. The van der Waals surface area contributed by atoms with Crippen LogP contribution < -0.4 is 5.32 Å². The predicted molar refractivity (Wildman–Crippen MR) is 140 cm³/mol. The number of para-hydroxylation sites is 1. The van der Waals surface area contributed by atoms with Gasteiger partial charge in [0.1, 0.15) is 5.75 Å². The fraction of sp³-hybridized carbons (Fsp3) is 0.345. The van der Waals surface area contributed by atoms with Gasteiger partial charge in [0, 0.05) is 33.9 Å². The van der Waals surface area contributed by atoms with Gasteiger partial charge in [0.2, 0.25) is 0 Å². The molecule has 0 heterocycles. The van der Waals surface area contributed by atoms with Crippen LogP contribution in [-0.4, -0.2) is 39.8 Å². The van der Waals surface area contributed by atoms with Crippen LogP contribution in [0.4, 0.5) is 0 Å². The van der Waals surface area contributed by atoms with Crippen molar-refractivity contribution in [2.75, 3.05) is 6.54 Å². The second-order valence-electron chi connectivity index (χ2n) is 9.71. The van der Waals surface area contributed by atoms with Crippen LogP contribution in [0, 0.1) is 5.92 Å². The first-order chi connectivity index (χ1) is 16.9. The van der Waals surface area contributed by atoms with Gasteiger partial charge in [-0.2, -0.15) is 0 Å². The monoisotopic (exact) mass is 509 g/mol. The zero-order chi connectivity index (χ0) is 26.6. The SMILES string of the molecule is CC1=C(C)C(=O)C(C(CCc2ccc(Cl)cc2)CC(C)(O)CNC(=O)c2ccccc2O)=C(C)C1=O. The Morgan fingerprint density at radius 3 is 2.22 bits per heavy atom. The van der Waals surface area contributed by atoms with Crippen molar-refractivity contribution in [2.24, 2.45) is 5.92 Å². The Morgan fingerprint density at radius 1 is 0.972 bits per heavy atom. The van der Waals surface area contributed by atoms with Crippen LogP contribution >= 0.6 is 11.6 Å². The molecule has 190 valence electrons. The Kier molecular flexibility index (Phi) is 8.54. The maximum Gasteiger partial charge on any atom is 0.255 e. The van der Waals surface area contributed by atoms with E-state index in [0.29, 0.717) is 40.2 Å². The molecule has 0 fully saturated rings. The van der Waals surface area contributed by atoms with Crippen molar-refractivity contribution in [2.45, 2.75) is 52.6 Å². The van der Waals surface area contributed by atoms with Crippen molar-refractivity contribution in [3.63, 3.8) is 0 Å². The molecule has 2 unspecified atom stereocenters. The van der Waals surface area contributed by atoms with E-state index < -0.39 is 17.4 Å². The van der Waals surface area contributed by atoms with E-state index in [1.54, 1.807) is 52.0 Å². The number of nitrogens with one attached hydrogen (secondary N) is 1. The predicted octanol–water partition coefficient (Wildman–Crippen LogP) is 4.97. The average Bonchev–Trinajstić information content (AvgIpc) is 2.84. The molecule has 3 rings (SSSR count). The normalized spacial score (nSPS) is 16.7. The third kappa shape index (κ3) is 6.31. The van der Waals surface area contributed by atoms with Gasteiger partial charge in [0.25, 0.3) is 5.91 Å². The quantitative estimate of drug-likeness (QED) is 0.414. The van der Waals surface area contributed by atoms with Crippen LogP contribution in [0.2, 0.25) is 5.02 Å². The Bertz CT molecular complexity index is 1240. The second kappa shape index (κ2) is 11.2. The number of carbonyl (C=O) groups is 3. The minimum Gasteiger partial charge on any atom is -0.507 e. The molecule has 0 saturated heterocycles. The van der Waals surface area contributed by atoms with Crippen LogP contribution in [0.25, 0.3) is 0 Å². The van der Waals surface area contributed by atoms with Gasteiger partial charge in [0.15, 0.2) is 11.6 Å². The molecule has 1 aliphatic carbocycles. The smallest absolute Gasteiger partial charge is 0.255 e. The molecule has 0 spiro atoms. The number of carbonyl (C=O) groups excluding carboxylic acids is 3. The maximum absolute atomic E-state index is 13.3. The summed E-state index contributed by atoms with van der Waals surface area (Å²) in [6.45, 7) is 6.47. The number of amides is 1. The highest BCUT2D eigenvalue weighted by Gasteiger charge is 2.36. The highest BCUT2D eigenvalue weighted by molar-refractivity contribution is 6.30. The molecular formula is C29H32ClNO5. The fourth-order valence-corrected chi connectivity index (χ4v) is 4.71. The summed E-state index contributed by atoms with van der Waals surface area (Å²) in [6, 6.07) is 13.6. The van der Waals surface area contributed by atoms with E-state index in [0.717, 1.165) is 5.56 Å². The van der Waals surface area contributed by atoms with Crippen molar-refractivity contribution >= 4 is 29.1 Å². The lowest BCUT2D eigenvalue weighted by molar-refractivity contribution is -0.117. The topological polar surface area (TPSA) is 104 Å². The van der Waals surface area contributed by atoms with Crippen LogP contribution in [0.5, 0.6) is 5.75 Å². The van der Waals surface area contributed by atoms with Crippen molar-refractivity contribution in [1.82, 2.24) is 5.32 Å². The summed E-state index contributed by atoms with van der Waals surface area (Å²) in [6.07, 6.45) is 1.28. The number of hydrogen-bond donors (Lipinski definition) is 3. The van der Waals surface area contributed by atoms with Crippen LogP contribution in [0.3, 0.4) is 0 Å². The van der Waals surface area contributed by atoms with Crippen LogP contribution in [0.1, 0.15) is 56.5 Å². The number of aromatic hydroxyl groups is 1. The van der Waals surface area contributed by atoms with E-state index in [-0.39, 0.29) is 35.8 Å². The molecule has 1 amide bonds. The molecule has 7 heteroatoms. The van der Waals surface area contributed by atoms with Crippen molar-refractivity contribution in [1.29, 1.82) is 0 Å². The summed E-state index contributed by atoms with van der Waals surface area (Å²) >= 11 is 6.00. The van der Waals surface area contributed by atoms with E-state index in [4.69, 9.17) is 11.6 Å². The zero-order valence-electron chi connectivity index (χ0n) is 21.0. The number of rotatable bonds is 9. The number of phenolic OH excluding ortho intramolecular Hbond substituents is 1. The van der Waals surface area contributed by atoms with Crippen molar-refractivity contribution < 1.29 is 24.6 Å². The molecule has 0 radical (unpaired) electrons. The van der Waals surface area contributed by atoms with E-state index >= 15 is 0 Å². The molecule has 0 bridgehead atoms. The first-order valence-electron chi connectivity index (χ1n) is 11.9. The lowest BCUT2D eigenvalue weighted by Gasteiger charge is -2.32. The zero-order valence-corrected chi connectivity index (χ0v) is 21.8. The molecule has 2 aromatic carbocycles. The number of phenols is 1. The molecule has 0 saturated carbocycles. The minimum absolute atomic E-state index is 0.0973. The maximum atomic E-state index is 13.3. The fourth-order valence-electron chi connectivity index (χ4n) is 4.58. The highest BCUT2D eigenvalue weighted by atomic mass is 35.5. The van der Waals surface area contributed by atoms with Crippen molar-refractivity contribution in [3.05, 3.63) is 87.0 Å². The van der Waals surface area contributed by atoms with Crippen LogP contribution in [-0.2, 0) is 16.0 Å². The first kappa shape index (κ1) is 27.4. The van der Waals surface area contributed by atoms with E-state index in [1.807, 2.05) is 12.1 Å². The van der Waals surface area contributed by atoms with E-state index in [2.05, 4.69) is 5.32 Å². The van der Waals surface area contributed by atoms with E-state index in [1.165, 1.54) is 12.1 Å². The molecule has 1 aliphatic rings. The number of ketones is 2. The molecule has 0 aliphatic heterocycles. The van der Waals surface area contributed by atoms with Gasteiger partial charge >= 0.3 is 0 Å². The summed E-state index contributed by atoms with van der Waals surface area (Å²) < 4.78 is 0. The largest absolute Gasteiger partial charge is 0.507 e. The summed E-state index contributed by atoms with van der Waals surface area (Å²) in [4.78, 5) is 38.7. The number of aryl methyl sites for hydroxylation is 1. The molecule has 2 atom stereocenters. The average molecular weight is 510 g/mol. The Morgan fingerprint density at radius 2 is 1.58 bits per heavy atom. The first-order valence-corrected chi connectivity index (χ1v) is 12.3. The van der Waals surface area contributed by atoms with Gasteiger partial charge in [-0.1, -0.05) is 35.9 Å². The van der Waals surface area contributed by atoms with Gasteiger partial charge < -0.3 is 15.5 Å². The molecule has 3 N–H and O–H groups in total. The molecule has 2 aromatic rings. The van der Waals surface area contributed by atoms with E-state index in [9.17, 15) is 24.6 Å². The summed E-state index contributed by atoms with van der Waals surface area (Å²) in [7, 11) is 0. The van der Waals surface area contributed by atoms with Gasteiger partial charge in [-0.3, -0.25) is 14.4 Å². The molecule has 36 heavy (non-hydrogen) atoms. The number of hydrogen-bond acceptors (Lipinski definition) is 5. The Balaban J connectivity index is 1.84. The summed E-state index contributed by atoms with van der Waals surface area (Å²) in [5.41, 5.74) is 1.43. The third-order valence-corrected chi connectivity index (χ3v) is 7.05. The summed E-state index contributed by atoms with van der Waals surface area (Å²) in [5, 5.41) is 24.5. The molecule has 6 nitrogen and oxygen atoms in total. The molecule has 0 aromatic heterocycles. The lowest BCUT2D eigenvalue weighted by atomic mass is 9.74. The number of benzene rings is 2. The Labute approximate surface area is 216 Å². The number of aliphatic hydroxyl groups is 1. The van der Waals surface area contributed by atoms with Gasteiger partial charge in [0.05, 0.1) is 11.2 Å². The second-order valence-corrected chi connectivity index (χ2v) is 10.1.